The first-order valence-electron chi connectivity index (χ1n) is 6.66. The molecule has 19 heavy (non-hydrogen) atoms. The molecule has 1 amide bonds. The summed E-state index contributed by atoms with van der Waals surface area (Å²) in [7, 11) is 0. The number of amides is 1. The lowest BCUT2D eigenvalue weighted by Gasteiger charge is -2.25. The number of carbonyl (C=O) groups is 1. The van der Waals surface area contributed by atoms with Gasteiger partial charge in [0.2, 0.25) is 0 Å². The van der Waals surface area contributed by atoms with Crippen LogP contribution in [0.2, 0.25) is 0 Å². The molecule has 1 fully saturated rings. The first kappa shape index (κ1) is 13.8. The first-order chi connectivity index (χ1) is 9.17. The number of benzene rings is 1. The summed E-state index contributed by atoms with van der Waals surface area (Å²) in [6.07, 6.45) is 2.65. The second-order valence-electron chi connectivity index (χ2n) is 4.98. The summed E-state index contributed by atoms with van der Waals surface area (Å²) in [5.74, 6) is 5.41. The number of nitrogens with one attached hydrogen (secondary N) is 1. The van der Waals surface area contributed by atoms with E-state index in [0.717, 1.165) is 30.6 Å². The maximum absolute atomic E-state index is 12.5. The number of anilines is 1. The summed E-state index contributed by atoms with van der Waals surface area (Å²) in [6.45, 7) is 2.81. The van der Waals surface area contributed by atoms with E-state index in [0.29, 0.717) is 12.0 Å². The molecule has 5 nitrogen and oxygen atoms in total. The third kappa shape index (κ3) is 2.88. The van der Waals surface area contributed by atoms with Crippen molar-refractivity contribution in [3.8, 4) is 0 Å². The number of nitrogen functional groups attached to an aromatic ring is 1. The van der Waals surface area contributed by atoms with E-state index in [9.17, 15) is 4.79 Å². The van der Waals surface area contributed by atoms with Gasteiger partial charge in [-0.05, 0) is 49.9 Å². The monoisotopic (exact) mass is 263 g/mol. The van der Waals surface area contributed by atoms with E-state index in [1.165, 1.54) is 0 Å². The quantitative estimate of drug-likeness (QED) is 0.564. The number of rotatable bonds is 4. The number of aryl methyl sites for hydroxylation is 1. The third-order valence-corrected chi connectivity index (χ3v) is 3.72. The van der Waals surface area contributed by atoms with Gasteiger partial charge in [-0.3, -0.25) is 10.6 Å². The highest BCUT2D eigenvalue weighted by molar-refractivity contribution is 5.96. The van der Waals surface area contributed by atoms with E-state index in [2.05, 4.69) is 5.43 Å². The Morgan fingerprint density at radius 2 is 2.37 bits per heavy atom. The van der Waals surface area contributed by atoms with Gasteiger partial charge < -0.3 is 15.4 Å². The zero-order chi connectivity index (χ0) is 13.8. The van der Waals surface area contributed by atoms with Gasteiger partial charge in [-0.2, -0.15) is 0 Å². The maximum atomic E-state index is 12.5. The minimum absolute atomic E-state index is 0.0528. The van der Waals surface area contributed by atoms with Crippen LogP contribution in [0.3, 0.4) is 0 Å². The molecule has 104 valence electrons. The van der Waals surface area contributed by atoms with Crippen molar-refractivity contribution < 1.29 is 9.90 Å². The van der Waals surface area contributed by atoms with Crippen molar-refractivity contribution in [2.75, 3.05) is 18.6 Å². The summed E-state index contributed by atoms with van der Waals surface area (Å²) in [4.78, 5) is 14.4. The largest absolute Gasteiger partial charge is 0.396 e. The molecule has 0 radical (unpaired) electrons. The number of carbonyl (C=O) groups excluding carboxylic acids is 1. The molecular weight excluding hydrogens is 242 g/mol. The molecule has 1 aromatic rings. The van der Waals surface area contributed by atoms with E-state index >= 15 is 0 Å². The van der Waals surface area contributed by atoms with Crippen LogP contribution >= 0.6 is 0 Å². The van der Waals surface area contributed by atoms with Crippen molar-refractivity contribution in [3.63, 3.8) is 0 Å². The number of aliphatic hydroxyl groups is 1. The molecule has 1 aliphatic rings. The molecule has 1 heterocycles. The molecule has 4 N–H and O–H groups in total. The van der Waals surface area contributed by atoms with Crippen molar-refractivity contribution in [1.29, 1.82) is 0 Å². The summed E-state index contributed by atoms with van der Waals surface area (Å²) in [5, 5.41) is 9.06. The molecule has 2 rings (SSSR count). The fourth-order valence-electron chi connectivity index (χ4n) is 2.70. The van der Waals surface area contributed by atoms with E-state index in [1.54, 1.807) is 12.1 Å². The summed E-state index contributed by atoms with van der Waals surface area (Å²) in [5.41, 5.74) is 4.99. The van der Waals surface area contributed by atoms with Crippen LogP contribution in [0.25, 0.3) is 0 Å². The Morgan fingerprint density at radius 1 is 1.58 bits per heavy atom. The lowest BCUT2D eigenvalue weighted by atomic mass is 10.1. The van der Waals surface area contributed by atoms with Crippen molar-refractivity contribution in [2.45, 2.75) is 32.2 Å². The average Bonchev–Trinajstić information content (AvgIpc) is 2.86. The molecule has 1 atom stereocenters. The van der Waals surface area contributed by atoms with E-state index in [4.69, 9.17) is 10.9 Å². The van der Waals surface area contributed by atoms with E-state index in [1.807, 2.05) is 17.9 Å². The second kappa shape index (κ2) is 6.04. The Balaban J connectivity index is 2.19. The molecule has 1 aliphatic heterocycles. The number of likely N-dealkylation sites (tertiary alicyclic amines) is 1. The van der Waals surface area contributed by atoms with Gasteiger partial charge in [0.15, 0.2) is 0 Å². The van der Waals surface area contributed by atoms with Crippen LogP contribution in [0.1, 0.15) is 35.2 Å². The number of hydrazine groups is 1. The van der Waals surface area contributed by atoms with Gasteiger partial charge in [-0.15, -0.1) is 0 Å². The van der Waals surface area contributed by atoms with E-state index < -0.39 is 0 Å². The Hall–Kier alpha value is -1.59. The minimum Gasteiger partial charge on any atom is -0.396 e. The van der Waals surface area contributed by atoms with Crippen LogP contribution in [-0.2, 0) is 0 Å². The molecule has 0 saturated carbocycles. The SMILES string of the molecule is Cc1cc(NN)ccc1C(=O)N1CCCC1CCO. The number of hydrogen-bond donors (Lipinski definition) is 3. The van der Waals surface area contributed by atoms with Gasteiger partial charge in [0.25, 0.3) is 5.91 Å². The normalized spacial score (nSPS) is 18.7. The number of hydrogen-bond acceptors (Lipinski definition) is 4. The number of aliphatic hydroxyl groups excluding tert-OH is 1. The van der Waals surface area contributed by atoms with Gasteiger partial charge in [0, 0.05) is 30.4 Å². The molecular formula is C14H21N3O2. The standard InChI is InChI=1S/C14H21N3O2/c1-10-9-11(16-15)4-5-13(10)14(19)17-7-2-3-12(17)6-8-18/h4-5,9,12,16,18H,2-3,6-8,15H2,1H3. The molecule has 1 aromatic carbocycles. The third-order valence-electron chi connectivity index (χ3n) is 3.72. The summed E-state index contributed by atoms with van der Waals surface area (Å²) >= 11 is 0. The second-order valence-corrected chi connectivity index (χ2v) is 4.98. The smallest absolute Gasteiger partial charge is 0.254 e. The minimum atomic E-state index is 0.0528. The van der Waals surface area contributed by atoms with Crippen LogP contribution in [0.15, 0.2) is 18.2 Å². The average molecular weight is 263 g/mol. The Bertz CT molecular complexity index is 462. The highest BCUT2D eigenvalue weighted by Crippen LogP contribution is 2.24. The predicted molar refractivity (Wildman–Crippen MR) is 74.8 cm³/mol. The molecule has 5 heteroatoms. The highest BCUT2D eigenvalue weighted by atomic mass is 16.3. The van der Waals surface area contributed by atoms with Crippen molar-refractivity contribution in [1.82, 2.24) is 4.90 Å². The Labute approximate surface area is 113 Å². The highest BCUT2D eigenvalue weighted by Gasteiger charge is 2.29. The van der Waals surface area contributed by atoms with Crippen molar-refractivity contribution in [2.24, 2.45) is 5.84 Å². The van der Waals surface area contributed by atoms with Crippen LogP contribution in [-0.4, -0.2) is 35.1 Å². The molecule has 0 spiro atoms. The summed E-state index contributed by atoms with van der Waals surface area (Å²) in [6, 6.07) is 5.65. The lowest BCUT2D eigenvalue weighted by Crippen LogP contribution is -2.36. The first-order valence-corrected chi connectivity index (χ1v) is 6.66. The van der Waals surface area contributed by atoms with E-state index in [-0.39, 0.29) is 18.6 Å². The predicted octanol–water partition coefficient (Wildman–Crippen LogP) is 1.27. The van der Waals surface area contributed by atoms with Crippen LogP contribution in [0.5, 0.6) is 0 Å². The lowest BCUT2D eigenvalue weighted by molar-refractivity contribution is 0.0715. The maximum Gasteiger partial charge on any atom is 0.254 e. The van der Waals surface area contributed by atoms with Crippen LogP contribution in [0, 0.1) is 6.92 Å². The molecule has 0 bridgehead atoms. The Morgan fingerprint density at radius 3 is 3.00 bits per heavy atom. The fraction of sp³-hybridized carbons (Fsp3) is 0.500. The topological polar surface area (TPSA) is 78.6 Å². The summed E-state index contributed by atoms with van der Waals surface area (Å²) < 4.78 is 0. The van der Waals surface area contributed by atoms with Gasteiger partial charge in [0.1, 0.15) is 0 Å². The molecule has 0 aromatic heterocycles. The van der Waals surface area contributed by atoms with Gasteiger partial charge >= 0.3 is 0 Å². The van der Waals surface area contributed by atoms with Gasteiger partial charge in [0.05, 0.1) is 0 Å². The van der Waals surface area contributed by atoms with Crippen LogP contribution in [0.4, 0.5) is 5.69 Å². The Kier molecular flexibility index (Phi) is 4.39. The molecule has 0 aliphatic carbocycles. The van der Waals surface area contributed by atoms with Crippen LogP contribution < -0.4 is 11.3 Å². The number of nitrogens with two attached hydrogens (primary N) is 1. The zero-order valence-corrected chi connectivity index (χ0v) is 11.2. The van der Waals surface area contributed by atoms with Crippen molar-refractivity contribution in [3.05, 3.63) is 29.3 Å². The molecule has 1 saturated heterocycles. The van der Waals surface area contributed by atoms with Gasteiger partial charge in [-0.1, -0.05) is 0 Å². The fourth-order valence-corrected chi connectivity index (χ4v) is 2.70. The zero-order valence-electron chi connectivity index (χ0n) is 11.2. The van der Waals surface area contributed by atoms with Gasteiger partial charge in [-0.25, -0.2) is 0 Å². The number of nitrogens with zero attached hydrogens (tertiary/aromatic N) is 1. The van der Waals surface area contributed by atoms with Crippen molar-refractivity contribution >= 4 is 11.6 Å². The molecule has 1 unspecified atom stereocenters.